The predicted molar refractivity (Wildman–Crippen MR) is 49.0 cm³/mol. The van der Waals surface area contributed by atoms with Crippen molar-refractivity contribution < 1.29 is 5.11 Å². The third kappa shape index (κ3) is 1.50. The lowest BCUT2D eigenvalue weighted by Crippen LogP contribution is -2.63. The Kier molecular flexibility index (Phi) is 1.92. The largest absolute Gasteiger partial charge is 0.387 e. The van der Waals surface area contributed by atoms with Crippen molar-refractivity contribution in [3.05, 3.63) is 0 Å². The SMILES string of the molecule is CC(C)CN1CC(O)(C2CC2)C1. The second kappa shape index (κ2) is 2.71. The maximum atomic E-state index is 9.99. The first kappa shape index (κ1) is 8.52. The zero-order chi connectivity index (χ0) is 8.77. The molecule has 2 nitrogen and oxygen atoms in total. The van der Waals surface area contributed by atoms with Crippen molar-refractivity contribution >= 4 is 0 Å². The molecule has 2 fully saturated rings. The Morgan fingerprint density at radius 2 is 2.00 bits per heavy atom. The van der Waals surface area contributed by atoms with Crippen LogP contribution < -0.4 is 0 Å². The number of β-amino-alcohol motifs (C(OH)–C–C–N with tert-alkyl or cyclic N) is 1. The van der Waals surface area contributed by atoms with Gasteiger partial charge in [-0.25, -0.2) is 0 Å². The van der Waals surface area contributed by atoms with Crippen LogP contribution in [-0.2, 0) is 0 Å². The van der Waals surface area contributed by atoms with E-state index in [1.165, 1.54) is 12.8 Å². The highest BCUT2D eigenvalue weighted by molar-refractivity contribution is 5.05. The molecule has 70 valence electrons. The molecule has 12 heavy (non-hydrogen) atoms. The molecular formula is C10H19NO. The fourth-order valence-electron chi connectivity index (χ4n) is 2.25. The quantitative estimate of drug-likeness (QED) is 0.684. The van der Waals surface area contributed by atoms with Crippen molar-refractivity contribution in [1.82, 2.24) is 4.90 Å². The van der Waals surface area contributed by atoms with Crippen molar-refractivity contribution in [3.8, 4) is 0 Å². The lowest BCUT2D eigenvalue weighted by atomic mass is 9.88. The molecule has 0 radical (unpaired) electrons. The van der Waals surface area contributed by atoms with Crippen LogP contribution >= 0.6 is 0 Å². The van der Waals surface area contributed by atoms with Gasteiger partial charge in [0.2, 0.25) is 0 Å². The van der Waals surface area contributed by atoms with Crippen molar-refractivity contribution in [3.63, 3.8) is 0 Å². The molecule has 0 amide bonds. The van der Waals surface area contributed by atoms with E-state index < -0.39 is 0 Å². The van der Waals surface area contributed by atoms with Crippen LogP contribution in [0.2, 0.25) is 0 Å². The van der Waals surface area contributed by atoms with Crippen molar-refractivity contribution in [2.75, 3.05) is 19.6 Å². The molecule has 0 atom stereocenters. The standard InChI is InChI=1S/C10H19NO/c1-8(2)5-11-6-10(12,7-11)9-3-4-9/h8-9,12H,3-7H2,1-2H3. The smallest absolute Gasteiger partial charge is 0.0928 e. The minimum absolute atomic E-state index is 0.283. The van der Waals surface area contributed by atoms with Gasteiger partial charge in [-0.1, -0.05) is 13.8 Å². The molecule has 0 aromatic carbocycles. The summed E-state index contributed by atoms with van der Waals surface area (Å²) in [5, 5.41) is 9.99. The summed E-state index contributed by atoms with van der Waals surface area (Å²) in [6.07, 6.45) is 2.51. The zero-order valence-electron chi connectivity index (χ0n) is 8.08. The number of nitrogens with zero attached hydrogens (tertiary/aromatic N) is 1. The Bertz CT molecular complexity index is 169. The highest BCUT2D eigenvalue weighted by atomic mass is 16.3. The van der Waals surface area contributed by atoms with E-state index in [0.717, 1.165) is 25.6 Å². The van der Waals surface area contributed by atoms with Gasteiger partial charge in [0.1, 0.15) is 0 Å². The van der Waals surface area contributed by atoms with E-state index in [2.05, 4.69) is 18.7 Å². The van der Waals surface area contributed by atoms with Gasteiger partial charge in [0, 0.05) is 19.6 Å². The van der Waals surface area contributed by atoms with E-state index in [-0.39, 0.29) is 5.60 Å². The minimum Gasteiger partial charge on any atom is -0.387 e. The van der Waals surface area contributed by atoms with E-state index in [1.54, 1.807) is 0 Å². The molecule has 2 heteroatoms. The normalized spacial score (nSPS) is 29.0. The van der Waals surface area contributed by atoms with E-state index in [0.29, 0.717) is 5.92 Å². The van der Waals surface area contributed by atoms with Crippen molar-refractivity contribution in [2.24, 2.45) is 11.8 Å². The summed E-state index contributed by atoms with van der Waals surface area (Å²) in [6.45, 7) is 7.46. The number of likely N-dealkylation sites (tertiary alicyclic amines) is 1. The molecule has 0 aromatic heterocycles. The molecule has 2 aliphatic rings. The van der Waals surface area contributed by atoms with Gasteiger partial charge in [-0.3, -0.25) is 4.90 Å². The lowest BCUT2D eigenvalue weighted by Gasteiger charge is -2.47. The monoisotopic (exact) mass is 169 g/mol. The molecule has 0 unspecified atom stereocenters. The summed E-state index contributed by atoms with van der Waals surface area (Å²) in [7, 11) is 0. The van der Waals surface area contributed by atoms with Crippen LogP contribution in [0, 0.1) is 11.8 Å². The van der Waals surface area contributed by atoms with Crippen molar-refractivity contribution in [2.45, 2.75) is 32.3 Å². The van der Waals surface area contributed by atoms with Crippen LogP contribution in [0.15, 0.2) is 0 Å². The summed E-state index contributed by atoms with van der Waals surface area (Å²) in [6, 6.07) is 0. The van der Waals surface area contributed by atoms with E-state index >= 15 is 0 Å². The molecule has 0 aromatic rings. The lowest BCUT2D eigenvalue weighted by molar-refractivity contribution is -0.116. The van der Waals surface area contributed by atoms with Crippen LogP contribution in [0.25, 0.3) is 0 Å². The van der Waals surface area contributed by atoms with Gasteiger partial charge in [0.25, 0.3) is 0 Å². The molecule has 1 N–H and O–H groups in total. The predicted octanol–water partition coefficient (Wildman–Crippen LogP) is 1.10. The van der Waals surface area contributed by atoms with Crippen LogP contribution in [0.4, 0.5) is 0 Å². The molecule has 1 saturated carbocycles. The van der Waals surface area contributed by atoms with Gasteiger partial charge in [0.05, 0.1) is 5.60 Å². The second-order valence-corrected chi connectivity index (χ2v) is 4.94. The Morgan fingerprint density at radius 3 is 2.42 bits per heavy atom. The third-order valence-corrected chi connectivity index (χ3v) is 2.96. The van der Waals surface area contributed by atoms with Crippen LogP contribution in [0.3, 0.4) is 0 Å². The fraction of sp³-hybridized carbons (Fsp3) is 1.00. The van der Waals surface area contributed by atoms with Gasteiger partial charge >= 0.3 is 0 Å². The molecule has 2 rings (SSSR count). The van der Waals surface area contributed by atoms with Crippen molar-refractivity contribution in [1.29, 1.82) is 0 Å². The Balaban J connectivity index is 1.75. The fourth-order valence-corrected chi connectivity index (χ4v) is 2.25. The third-order valence-electron chi connectivity index (χ3n) is 2.96. The average Bonchev–Trinajstić information content (AvgIpc) is 2.62. The highest BCUT2D eigenvalue weighted by Crippen LogP contribution is 2.44. The van der Waals surface area contributed by atoms with E-state index in [9.17, 15) is 5.11 Å². The Morgan fingerprint density at radius 1 is 1.42 bits per heavy atom. The topological polar surface area (TPSA) is 23.5 Å². The van der Waals surface area contributed by atoms with Crippen LogP contribution in [0.1, 0.15) is 26.7 Å². The maximum Gasteiger partial charge on any atom is 0.0928 e. The van der Waals surface area contributed by atoms with Gasteiger partial charge in [-0.2, -0.15) is 0 Å². The first-order valence-corrected chi connectivity index (χ1v) is 5.05. The highest BCUT2D eigenvalue weighted by Gasteiger charge is 2.51. The number of hydrogen-bond acceptors (Lipinski definition) is 2. The Hall–Kier alpha value is -0.0800. The first-order chi connectivity index (χ1) is 5.60. The van der Waals surface area contributed by atoms with Crippen LogP contribution in [0.5, 0.6) is 0 Å². The molecule has 1 aliphatic heterocycles. The minimum atomic E-state index is -0.283. The Labute approximate surface area is 74.6 Å². The maximum absolute atomic E-state index is 9.99. The summed E-state index contributed by atoms with van der Waals surface area (Å²) >= 11 is 0. The molecule has 1 heterocycles. The molecule has 1 saturated heterocycles. The number of rotatable bonds is 3. The van der Waals surface area contributed by atoms with Crippen LogP contribution in [-0.4, -0.2) is 35.2 Å². The summed E-state index contributed by atoms with van der Waals surface area (Å²) in [5.74, 6) is 1.37. The van der Waals surface area contributed by atoms with Gasteiger partial charge < -0.3 is 5.11 Å². The molecule has 0 spiro atoms. The average molecular weight is 169 g/mol. The molecule has 1 aliphatic carbocycles. The second-order valence-electron chi connectivity index (χ2n) is 4.94. The summed E-state index contributed by atoms with van der Waals surface area (Å²) in [4.78, 5) is 2.36. The van der Waals surface area contributed by atoms with E-state index in [4.69, 9.17) is 0 Å². The zero-order valence-corrected chi connectivity index (χ0v) is 8.08. The van der Waals surface area contributed by atoms with E-state index in [1.807, 2.05) is 0 Å². The van der Waals surface area contributed by atoms with Gasteiger partial charge in [0.15, 0.2) is 0 Å². The summed E-state index contributed by atoms with van der Waals surface area (Å²) < 4.78 is 0. The summed E-state index contributed by atoms with van der Waals surface area (Å²) in [5.41, 5.74) is -0.283. The number of hydrogen-bond donors (Lipinski definition) is 1. The molecular weight excluding hydrogens is 150 g/mol. The number of aliphatic hydroxyl groups is 1. The first-order valence-electron chi connectivity index (χ1n) is 5.05. The van der Waals surface area contributed by atoms with Gasteiger partial charge in [-0.15, -0.1) is 0 Å². The molecule has 0 bridgehead atoms. The van der Waals surface area contributed by atoms with Gasteiger partial charge in [-0.05, 0) is 24.7 Å².